The van der Waals surface area contributed by atoms with Gasteiger partial charge in [0.15, 0.2) is 11.5 Å². The van der Waals surface area contributed by atoms with E-state index in [2.05, 4.69) is 5.16 Å². The number of carbonyl (C=O) groups excluding carboxylic acids is 1. The van der Waals surface area contributed by atoms with E-state index in [1.54, 1.807) is 24.3 Å². The molecule has 1 aliphatic heterocycles. The Morgan fingerprint density at radius 3 is 2.54 bits per heavy atom. The molecule has 0 aliphatic carbocycles. The largest absolute Gasteiger partial charge is 0.481 e. The van der Waals surface area contributed by atoms with Gasteiger partial charge in [-0.15, -0.1) is 0 Å². The Hall–Kier alpha value is -2.55. The van der Waals surface area contributed by atoms with Crippen molar-refractivity contribution in [1.29, 1.82) is 0 Å². The number of amides is 1. The maximum Gasteiger partial charge on any atom is 0.394 e. The average Bonchev–Trinajstić information content (AvgIpc) is 3.22. The van der Waals surface area contributed by atoms with Crippen molar-refractivity contribution in [3.05, 3.63) is 41.0 Å². The maximum absolute atomic E-state index is 13.0. The van der Waals surface area contributed by atoms with Gasteiger partial charge in [0, 0.05) is 24.7 Å². The molecule has 0 spiro atoms. The van der Waals surface area contributed by atoms with Crippen molar-refractivity contribution in [2.75, 3.05) is 13.1 Å². The number of benzene rings is 1. The summed E-state index contributed by atoms with van der Waals surface area (Å²) < 4.78 is 44.2. The van der Waals surface area contributed by atoms with Gasteiger partial charge in [0.1, 0.15) is 0 Å². The van der Waals surface area contributed by atoms with Crippen LogP contribution in [0.3, 0.4) is 0 Å². The first-order chi connectivity index (χ1) is 12.2. The molecule has 2 heterocycles. The fourth-order valence-corrected chi connectivity index (χ4v) is 3.11. The SMILES string of the molecule is O=C(O)[C@@H]1CN(C(=O)c2cc(-c3ccccc3Cl)on2)C[C@H]1C(F)(F)F. The van der Waals surface area contributed by atoms with Crippen LogP contribution >= 0.6 is 11.6 Å². The minimum absolute atomic E-state index is 0.181. The number of nitrogens with zero attached hydrogens (tertiary/aromatic N) is 2. The van der Waals surface area contributed by atoms with E-state index in [0.717, 1.165) is 4.90 Å². The number of halogens is 4. The van der Waals surface area contributed by atoms with Gasteiger partial charge in [-0.05, 0) is 12.1 Å². The number of alkyl halides is 3. The Kier molecular flexibility index (Phi) is 4.66. The van der Waals surface area contributed by atoms with Crippen LogP contribution in [0.4, 0.5) is 13.2 Å². The lowest BCUT2D eigenvalue weighted by atomic mass is 9.96. The van der Waals surface area contributed by atoms with E-state index in [1.807, 2.05) is 0 Å². The maximum atomic E-state index is 13.0. The smallest absolute Gasteiger partial charge is 0.394 e. The van der Waals surface area contributed by atoms with Crippen molar-refractivity contribution in [3.8, 4) is 11.3 Å². The number of aliphatic carboxylic acids is 1. The molecule has 1 N–H and O–H groups in total. The zero-order valence-corrected chi connectivity index (χ0v) is 13.8. The number of hydrogen-bond donors (Lipinski definition) is 1. The highest BCUT2D eigenvalue weighted by Crippen LogP contribution is 2.38. The first-order valence-corrected chi connectivity index (χ1v) is 7.86. The third kappa shape index (κ3) is 3.39. The lowest BCUT2D eigenvalue weighted by molar-refractivity contribution is -0.187. The van der Waals surface area contributed by atoms with Gasteiger partial charge in [0.2, 0.25) is 0 Å². The molecular weight excluding hydrogens is 377 g/mol. The molecule has 26 heavy (non-hydrogen) atoms. The Balaban J connectivity index is 1.82. The molecule has 6 nitrogen and oxygen atoms in total. The molecule has 0 bridgehead atoms. The molecule has 3 rings (SSSR count). The molecule has 1 amide bonds. The van der Waals surface area contributed by atoms with Gasteiger partial charge in [-0.25, -0.2) is 0 Å². The van der Waals surface area contributed by atoms with Gasteiger partial charge in [-0.2, -0.15) is 13.2 Å². The Labute approximate surface area is 150 Å². The monoisotopic (exact) mass is 388 g/mol. The molecule has 1 fully saturated rings. The van der Waals surface area contributed by atoms with Gasteiger partial charge in [-0.3, -0.25) is 9.59 Å². The molecule has 1 aromatic carbocycles. The van der Waals surface area contributed by atoms with E-state index >= 15 is 0 Å². The van der Waals surface area contributed by atoms with Crippen LogP contribution in [0.2, 0.25) is 5.02 Å². The second-order valence-electron chi connectivity index (χ2n) is 5.86. The molecule has 1 saturated heterocycles. The third-order valence-corrected chi connectivity index (χ3v) is 4.54. The van der Waals surface area contributed by atoms with E-state index in [1.165, 1.54) is 6.07 Å². The zero-order chi connectivity index (χ0) is 19.1. The Morgan fingerprint density at radius 2 is 1.96 bits per heavy atom. The van der Waals surface area contributed by atoms with Crippen LogP contribution in [0, 0.1) is 11.8 Å². The van der Waals surface area contributed by atoms with Crippen LogP contribution < -0.4 is 0 Å². The van der Waals surface area contributed by atoms with Gasteiger partial charge in [-0.1, -0.05) is 28.9 Å². The normalized spacial score (nSPS) is 20.4. The topological polar surface area (TPSA) is 83.6 Å². The van der Waals surface area contributed by atoms with Crippen molar-refractivity contribution in [1.82, 2.24) is 10.1 Å². The zero-order valence-electron chi connectivity index (χ0n) is 13.0. The highest BCUT2D eigenvalue weighted by Gasteiger charge is 2.53. The third-order valence-electron chi connectivity index (χ3n) is 4.21. The summed E-state index contributed by atoms with van der Waals surface area (Å²) in [4.78, 5) is 24.4. The molecule has 10 heteroatoms. The lowest BCUT2D eigenvalue weighted by Gasteiger charge is -2.17. The number of carboxylic acid groups (broad SMARTS) is 1. The van der Waals surface area contributed by atoms with Crippen molar-refractivity contribution in [3.63, 3.8) is 0 Å². The molecular formula is C16H12ClF3N2O4. The average molecular weight is 389 g/mol. The number of rotatable bonds is 3. The molecule has 138 valence electrons. The minimum Gasteiger partial charge on any atom is -0.481 e. The van der Waals surface area contributed by atoms with E-state index < -0.39 is 43.0 Å². The Bertz CT molecular complexity index is 852. The Morgan fingerprint density at radius 1 is 1.27 bits per heavy atom. The predicted molar refractivity (Wildman–Crippen MR) is 83.5 cm³/mol. The molecule has 2 atom stereocenters. The van der Waals surface area contributed by atoms with Crippen molar-refractivity contribution in [2.24, 2.45) is 11.8 Å². The summed E-state index contributed by atoms with van der Waals surface area (Å²) in [6.07, 6.45) is -4.72. The van der Waals surface area contributed by atoms with Crippen LogP contribution in [0.15, 0.2) is 34.9 Å². The molecule has 0 saturated carbocycles. The van der Waals surface area contributed by atoms with Gasteiger partial charge < -0.3 is 14.5 Å². The summed E-state index contributed by atoms with van der Waals surface area (Å²) in [6, 6.07) is 7.89. The molecule has 0 unspecified atom stereocenters. The number of carboxylic acids is 1. The standard InChI is InChI=1S/C16H12ClF3N2O4/c17-11-4-2-1-3-8(11)13-5-12(21-26-13)14(23)22-6-9(15(24)25)10(7-22)16(18,19)20/h1-5,9-10H,6-7H2,(H,24,25)/t9-,10-/m1/s1. The van der Waals surface area contributed by atoms with E-state index in [-0.39, 0.29) is 11.5 Å². The molecule has 1 aromatic heterocycles. The van der Waals surface area contributed by atoms with Gasteiger partial charge in [0.05, 0.1) is 16.9 Å². The first-order valence-electron chi connectivity index (χ1n) is 7.49. The van der Waals surface area contributed by atoms with Crippen molar-refractivity contribution >= 4 is 23.5 Å². The summed E-state index contributed by atoms with van der Waals surface area (Å²) in [6.45, 7) is -1.29. The second-order valence-corrected chi connectivity index (χ2v) is 6.27. The molecule has 1 aliphatic rings. The highest BCUT2D eigenvalue weighted by molar-refractivity contribution is 6.33. The number of aromatic nitrogens is 1. The van der Waals surface area contributed by atoms with Crippen LogP contribution in [0.25, 0.3) is 11.3 Å². The summed E-state index contributed by atoms with van der Waals surface area (Å²) in [5.74, 6) is -6.09. The van der Waals surface area contributed by atoms with Gasteiger partial charge in [0.25, 0.3) is 5.91 Å². The first kappa shape index (κ1) is 18.2. The van der Waals surface area contributed by atoms with Crippen LogP contribution in [-0.2, 0) is 4.79 Å². The number of carbonyl (C=O) groups is 2. The van der Waals surface area contributed by atoms with Crippen LogP contribution in [0.1, 0.15) is 10.5 Å². The second kappa shape index (κ2) is 6.64. The molecule has 0 radical (unpaired) electrons. The van der Waals surface area contributed by atoms with Crippen LogP contribution in [-0.4, -0.2) is 46.3 Å². The van der Waals surface area contributed by atoms with Crippen molar-refractivity contribution in [2.45, 2.75) is 6.18 Å². The van der Waals surface area contributed by atoms with Gasteiger partial charge >= 0.3 is 12.1 Å². The summed E-state index contributed by atoms with van der Waals surface area (Å²) in [5.41, 5.74) is 0.255. The van der Waals surface area contributed by atoms with Crippen molar-refractivity contribution < 1.29 is 32.4 Å². The van der Waals surface area contributed by atoms with Crippen LogP contribution in [0.5, 0.6) is 0 Å². The highest BCUT2D eigenvalue weighted by atomic mass is 35.5. The van der Waals surface area contributed by atoms with E-state index in [9.17, 15) is 22.8 Å². The molecule has 2 aromatic rings. The number of hydrogen-bond acceptors (Lipinski definition) is 4. The summed E-state index contributed by atoms with van der Waals surface area (Å²) in [7, 11) is 0. The fraction of sp³-hybridized carbons (Fsp3) is 0.312. The van der Waals surface area contributed by atoms with E-state index in [0.29, 0.717) is 10.6 Å². The minimum atomic E-state index is -4.72. The summed E-state index contributed by atoms with van der Waals surface area (Å²) in [5, 5.41) is 12.9. The van der Waals surface area contributed by atoms with E-state index in [4.69, 9.17) is 21.2 Å². The predicted octanol–water partition coefficient (Wildman–Crippen LogP) is 3.33. The quantitative estimate of drug-likeness (QED) is 0.872. The number of likely N-dealkylation sites (tertiary alicyclic amines) is 1. The fourth-order valence-electron chi connectivity index (χ4n) is 2.88. The summed E-state index contributed by atoms with van der Waals surface area (Å²) >= 11 is 6.02. The lowest BCUT2D eigenvalue weighted by Crippen LogP contribution is -2.34.